The number of para-hydroxylation sites is 1. The van der Waals surface area contributed by atoms with E-state index >= 15 is 0 Å². The maximum Gasteiger partial charge on any atom is 0.301 e. The Labute approximate surface area is 170 Å². The third-order valence-electron chi connectivity index (χ3n) is 4.45. The zero-order chi connectivity index (χ0) is 21.0. The zero-order valence-corrected chi connectivity index (χ0v) is 16.3. The van der Waals surface area contributed by atoms with Crippen LogP contribution in [0.4, 0.5) is 17.1 Å². The number of nitrogens with one attached hydrogen (secondary N) is 1. The number of fused-ring (bicyclic) bond motifs is 1. The van der Waals surface area contributed by atoms with E-state index in [9.17, 15) is 20.2 Å². The fourth-order valence-electron chi connectivity index (χ4n) is 3.00. The minimum Gasteiger partial charge on any atom is -0.331 e. The van der Waals surface area contributed by atoms with Crippen molar-refractivity contribution < 1.29 is 9.85 Å². The lowest BCUT2D eigenvalue weighted by Crippen LogP contribution is -1.99. The molecule has 0 spiro atoms. The zero-order valence-electron chi connectivity index (χ0n) is 15.5. The molecule has 0 aliphatic carbocycles. The molecule has 1 heterocycles. The molecule has 1 N–H and O–H groups in total. The third kappa shape index (κ3) is 4.19. The molecule has 0 saturated carbocycles. The molecule has 3 rings (SSSR count). The second-order valence-electron chi connectivity index (χ2n) is 6.31. The Bertz CT molecular complexity index is 1110. The number of hydrogen-bond acceptors (Lipinski definition) is 6. The summed E-state index contributed by atoms with van der Waals surface area (Å²) in [6, 6.07) is 11.0. The second-order valence-corrected chi connectivity index (χ2v) is 6.67. The lowest BCUT2D eigenvalue weighted by molar-refractivity contribution is -0.393. The number of aromatic nitrogens is 1. The number of non-ortho nitro benzene ring substituents is 1. The molecule has 0 atom stereocenters. The number of anilines is 1. The van der Waals surface area contributed by atoms with Crippen LogP contribution in [0.25, 0.3) is 10.9 Å². The maximum absolute atomic E-state index is 11.2. The fraction of sp³-hybridized carbons (Fsp3) is 0.211. The van der Waals surface area contributed by atoms with Crippen molar-refractivity contribution in [2.45, 2.75) is 26.3 Å². The van der Waals surface area contributed by atoms with Crippen molar-refractivity contribution in [3.8, 4) is 0 Å². The minimum atomic E-state index is -0.700. The van der Waals surface area contributed by atoms with Gasteiger partial charge in [0.15, 0.2) is 0 Å². The number of nitro benzene ring substituents is 2. The monoisotopic (exact) mass is 415 g/mol. The van der Waals surface area contributed by atoms with Crippen molar-refractivity contribution in [1.82, 2.24) is 4.57 Å². The summed E-state index contributed by atoms with van der Waals surface area (Å²) in [5.41, 5.74) is 3.50. The van der Waals surface area contributed by atoms with Gasteiger partial charge in [0.25, 0.3) is 5.69 Å². The minimum absolute atomic E-state index is 0.0442. The molecule has 0 aliphatic heterocycles. The van der Waals surface area contributed by atoms with Gasteiger partial charge >= 0.3 is 5.69 Å². The van der Waals surface area contributed by atoms with Crippen LogP contribution in [0.15, 0.2) is 47.6 Å². The van der Waals surface area contributed by atoms with E-state index in [2.05, 4.69) is 17.5 Å². The molecule has 29 heavy (non-hydrogen) atoms. The molecule has 0 saturated heterocycles. The molecule has 10 heteroatoms. The van der Waals surface area contributed by atoms with Crippen LogP contribution in [-0.4, -0.2) is 20.6 Å². The van der Waals surface area contributed by atoms with Gasteiger partial charge in [0.05, 0.1) is 22.1 Å². The molecule has 0 unspecified atom stereocenters. The first-order chi connectivity index (χ1) is 13.9. The molecule has 0 amide bonds. The normalized spacial score (nSPS) is 11.2. The Morgan fingerprint density at radius 1 is 1.17 bits per heavy atom. The summed E-state index contributed by atoms with van der Waals surface area (Å²) in [5.74, 6) is 0. The molecule has 0 bridgehead atoms. The standard InChI is InChI=1S/C19H18ClN5O4/c1-2-3-10-23-17-7-5-4-6-14(17)15(19(23)20)12-21-22-16-9-8-13(24(26)27)11-18(16)25(28)29/h4-9,11-12,22H,2-3,10H2,1H3/b21-12-. The highest BCUT2D eigenvalue weighted by molar-refractivity contribution is 6.34. The molecule has 2 aromatic carbocycles. The first-order valence-electron chi connectivity index (χ1n) is 8.92. The molecule has 0 fully saturated rings. The molecule has 0 radical (unpaired) electrons. The number of nitro groups is 2. The summed E-state index contributed by atoms with van der Waals surface area (Å²) in [5, 5.41) is 27.6. The Morgan fingerprint density at radius 3 is 2.62 bits per heavy atom. The molecule has 1 aromatic heterocycles. The van der Waals surface area contributed by atoms with Crippen LogP contribution in [0.5, 0.6) is 0 Å². The van der Waals surface area contributed by atoms with Crippen molar-refractivity contribution in [2.75, 3.05) is 5.43 Å². The van der Waals surface area contributed by atoms with E-state index in [1.54, 1.807) is 0 Å². The van der Waals surface area contributed by atoms with Crippen molar-refractivity contribution in [2.24, 2.45) is 5.10 Å². The Hall–Kier alpha value is -3.46. The molecule has 0 aliphatic rings. The van der Waals surface area contributed by atoms with E-state index in [-0.39, 0.29) is 11.4 Å². The van der Waals surface area contributed by atoms with Crippen molar-refractivity contribution in [1.29, 1.82) is 0 Å². The maximum atomic E-state index is 11.2. The number of benzene rings is 2. The predicted octanol–water partition coefficient (Wildman–Crippen LogP) is 5.36. The van der Waals surface area contributed by atoms with Crippen LogP contribution in [-0.2, 0) is 6.54 Å². The van der Waals surface area contributed by atoms with Crippen LogP contribution < -0.4 is 5.43 Å². The van der Waals surface area contributed by atoms with E-state index in [4.69, 9.17) is 11.6 Å². The average molecular weight is 416 g/mol. The fourth-order valence-corrected chi connectivity index (χ4v) is 3.33. The first-order valence-corrected chi connectivity index (χ1v) is 9.30. The summed E-state index contributed by atoms with van der Waals surface area (Å²) in [6.45, 7) is 2.87. The first kappa shape index (κ1) is 20.3. The number of rotatable bonds is 8. The number of nitrogens with zero attached hydrogens (tertiary/aromatic N) is 4. The smallest absolute Gasteiger partial charge is 0.301 e. The van der Waals surface area contributed by atoms with Crippen LogP contribution in [0, 0.1) is 20.2 Å². The predicted molar refractivity (Wildman–Crippen MR) is 113 cm³/mol. The van der Waals surface area contributed by atoms with Gasteiger partial charge in [-0.2, -0.15) is 5.10 Å². The van der Waals surface area contributed by atoms with Crippen LogP contribution in [0.1, 0.15) is 25.3 Å². The summed E-state index contributed by atoms with van der Waals surface area (Å²) >= 11 is 6.57. The number of aryl methyl sites for hydroxylation is 1. The molecular weight excluding hydrogens is 398 g/mol. The van der Waals surface area contributed by atoms with Gasteiger partial charge in [-0.05, 0) is 18.6 Å². The van der Waals surface area contributed by atoms with Crippen molar-refractivity contribution >= 4 is 45.8 Å². The Kier molecular flexibility index (Phi) is 6.08. The highest BCUT2D eigenvalue weighted by atomic mass is 35.5. The molecule has 3 aromatic rings. The van der Waals surface area contributed by atoms with Gasteiger partial charge < -0.3 is 4.57 Å². The van der Waals surface area contributed by atoms with Crippen molar-refractivity contribution in [3.63, 3.8) is 0 Å². The quantitative estimate of drug-likeness (QED) is 0.302. The van der Waals surface area contributed by atoms with Gasteiger partial charge in [-0.1, -0.05) is 43.1 Å². The Balaban J connectivity index is 1.93. The average Bonchev–Trinajstić information content (AvgIpc) is 2.97. The van der Waals surface area contributed by atoms with Crippen LogP contribution in [0.2, 0.25) is 5.15 Å². The third-order valence-corrected chi connectivity index (χ3v) is 4.85. The topological polar surface area (TPSA) is 116 Å². The summed E-state index contributed by atoms with van der Waals surface area (Å²) < 4.78 is 2.01. The van der Waals surface area contributed by atoms with Crippen LogP contribution in [0.3, 0.4) is 0 Å². The van der Waals surface area contributed by atoms with Crippen LogP contribution >= 0.6 is 11.6 Å². The largest absolute Gasteiger partial charge is 0.331 e. The Morgan fingerprint density at radius 2 is 1.93 bits per heavy atom. The van der Waals surface area contributed by atoms with Gasteiger partial charge in [0.1, 0.15) is 10.8 Å². The number of unbranched alkanes of at least 4 members (excludes halogenated alkanes) is 1. The summed E-state index contributed by atoms with van der Waals surface area (Å²) in [4.78, 5) is 20.7. The van der Waals surface area contributed by atoms with Gasteiger partial charge in [0.2, 0.25) is 0 Å². The lowest BCUT2D eigenvalue weighted by Gasteiger charge is -2.05. The number of hydrogen-bond donors (Lipinski definition) is 1. The van der Waals surface area contributed by atoms with Crippen molar-refractivity contribution in [3.05, 3.63) is 73.4 Å². The van der Waals surface area contributed by atoms with E-state index in [0.717, 1.165) is 36.4 Å². The highest BCUT2D eigenvalue weighted by Gasteiger charge is 2.19. The molecule has 150 valence electrons. The second kappa shape index (κ2) is 8.70. The van der Waals surface area contributed by atoms with E-state index in [0.29, 0.717) is 10.7 Å². The van der Waals surface area contributed by atoms with Gasteiger partial charge in [-0.15, -0.1) is 0 Å². The van der Waals surface area contributed by atoms with E-state index in [1.807, 2.05) is 28.8 Å². The lowest BCUT2D eigenvalue weighted by atomic mass is 10.2. The number of halogens is 1. The van der Waals surface area contributed by atoms with E-state index in [1.165, 1.54) is 18.3 Å². The summed E-state index contributed by atoms with van der Waals surface area (Å²) in [7, 11) is 0. The molecular formula is C19H18ClN5O4. The summed E-state index contributed by atoms with van der Waals surface area (Å²) in [6.07, 6.45) is 3.50. The van der Waals surface area contributed by atoms with Gasteiger partial charge in [-0.3, -0.25) is 25.7 Å². The number of hydrazone groups is 1. The SMILES string of the molecule is CCCCn1c(Cl)c(/C=N\Nc2ccc([N+](=O)[O-])cc2[N+](=O)[O-])c2ccccc21. The highest BCUT2D eigenvalue weighted by Crippen LogP contribution is 2.31. The van der Waals surface area contributed by atoms with Gasteiger partial charge in [0, 0.05) is 29.1 Å². The van der Waals surface area contributed by atoms with E-state index < -0.39 is 15.5 Å². The van der Waals surface area contributed by atoms with Gasteiger partial charge in [-0.25, -0.2) is 0 Å². The molecule has 9 nitrogen and oxygen atoms in total.